The standard InChI is InChI=1S/C56H96O7Si4/c1-23-46-49(59-46)40-50(60-52(57)39-42(3)32-31-37-48(62-65(19,20)54(8,9)10)47(24-2)61-64(17,18)53(5,6)7)51(63-66(21,22)55(11,12)13)38-43(4)41-58-67(56(14,15)16,44-33-27-25-28-34-44)45-35-29-26-30-36-45/h23-31,33-37,42-43,46-51H,1-2,32,38-41H2,3-22H3/b37-31+/t42-,43+,46-,47-,48-,49-,50-,51-/m0/s1. The predicted octanol–water partition coefficient (Wildman–Crippen LogP) is 14.2. The van der Waals surface area contributed by atoms with Crippen LogP contribution in [0.1, 0.15) is 123 Å². The van der Waals surface area contributed by atoms with Gasteiger partial charge in [-0.05, 0) is 94.5 Å². The van der Waals surface area contributed by atoms with Crippen molar-refractivity contribution in [2.24, 2.45) is 11.8 Å². The predicted molar refractivity (Wildman–Crippen MR) is 295 cm³/mol. The second-order valence-electron chi connectivity index (χ2n) is 25.3. The molecule has 0 N–H and O–H groups in total. The Hall–Kier alpha value is -2.20. The first-order valence-electron chi connectivity index (χ1n) is 25.2. The molecule has 3 rings (SSSR count). The Bertz CT molecular complexity index is 1850. The first-order valence-corrected chi connectivity index (χ1v) is 35.8. The van der Waals surface area contributed by atoms with E-state index in [-0.39, 0.29) is 74.9 Å². The lowest BCUT2D eigenvalue weighted by molar-refractivity contribution is -0.157. The topological polar surface area (TPSA) is 75.8 Å². The molecule has 0 unspecified atom stereocenters. The summed E-state index contributed by atoms with van der Waals surface area (Å²) in [5, 5.41) is 2.37. The van der Waals surface area contributed by atoms with E-state index in [2.05, 4.69) is 222 Å². The molecule has 0 aromatic heterocycles. The molecule has 0 radical (unpaired) electrons. The van der Waals surface area contributed by atoms with Gasteiger partial charge in [-0.1, -0.05) is 182 Å². The van der Waals surface area contributed by atoms with Crippen molar-refractivity contribution in [3.05, 3.63) is 98.1 Å². The number of carbonyl (C=O) groups is 1. The van der Waals surface area contributed by atoms with Crippen LogP contribution in [-0.2, 0) is 32.0 Å². The van der Waals surface area contributed by atoms with Gasteiger partial charge in [0.2, 0.25) is 0 Å². The fraction of sp³-hybridized carbons (Fsp3) is 0.661. The molecule has 378 valence electrons. The van der Waals surface area contributed by atoms with Crippen molar-refractivity contribution >= 4 is 49.6 Å². The SMILES string of the molecule is C=C[C@H](O[Si](C)(C)C(C)(C)C)[C@H](/C=C/C[C@H](C)CC(=O)O[C@@H](C[C@@H]1O[C@H]1C=C)[C@H](C[C@@H](C)CO[Si](c1ccccc1)(c1ccccc1)C(C)(C)C)O[Si](C)(C)C(C)(C)C)O[Si](C)(C)C(C)(C)C. The lowest BCUT2D eigenvalue weighted by Crippen LogP contribution is -2.66. The van der Waals surface area contributed by atoms with Gasteiger partial charge in [0.1, 0.15) is 12.2 Å². The highest BCUT2D eigenvalue weighted by atomic mass is 28.4. The van der Waals surface area contributed by atoms with Gasteiger partial charge in [-0.2, -0.15) is 0 Å². The smallest absolute Gasteiger partial charge is 0.306 e. The zero-order chi connectivity index (χ0) is 51.0. The van der Waals surface area contributed by atoms with Gasteiger partial charge in [-0.15, -0.1) is 13.2 Å². The van der Waals surface area contributed by atoms with E-state index < -0.39 is 39.4 Å². The monoisotopic (exact) mass is 993 g/mol. The molecule has 0 saturated carbocycles. The molecule has 7 nitrogen and oxygen atoms in total. The number of ether oxygens (including phenoxy) is 2. The molecule has 1 heterocycles. The summed E-state index contributed by atoms with van der Waals surface area (Å²) < 4.78 is 41.5. The molecule has 1 aliphatic heterocycles. The first kappa shape index (κ1) is 59.1. The van der Waals surface area contributed by atoms with Gasteiger partial charge in [-0.3, -0.25) is 4.79 Å². The number of epoxide rings is 1. The zero-order valence-corrected chi connectivity index (χ0v) is 50.0. The maximum atomic E-state index is 14.2. The van der Waals surface area contributed by atoms with Crippen LogP contribution < -0.4 is 10.4 Å². The van der Waals surface area contributed by atoms with Crippen LogP contribution in [0.15, 0.2) is 98.1 Å². The van der Waals surface area contributed by atoms with Gasteiger partial charge in [0.05, 0.1) is 24.4 Å². The lowest BCUT2D eigenvalue weighted by Gasteiger charge is -2.44. The van der Waals surface area contributed by atoms with Crippen molar-refractivity contribution in [1.29, 1.82) is 0 Å². The minimum absolute atomic E-state index is 0.0204. The van der Waals surface area contributed by atoms with Crippen LogP contribution in [0.2, 0.25) is 59.4 Å². The average molecular weight is 994 g/mol. The number of rotatable bonds is 25. The molecule has 0 spiro atoms. The van der Waals surface area contributed by atoms with Crippen LogP contribution in [-0.4, -0.2) is 82.5 Å². The third-order valence-corrected chi connectivity index (χ3v) is 33.8. The molecule has 11 heteroatoms. The second kappa shape index (κ2) is 23.4. The van der Waals surface area contributed by atoms with Gasteiger partial charge in [0.25, 0.3) is 8.32 Å². The molecule has 67 heavy (non-hydrogen) atoms. The van der Waals surface area contributed by atoms with E-state index in [0.29, 0.717) is 25.9 Å². The molecule has 0 amide bonds. The molecule has 1 fully saturated rings. The van der Waals surface area contributed by atoms with E-state index in [1.54, 1.807) is 0 Å². The van der Waals surface area contributed by atoms with Gasteiger partial charge in [-0.25, -0.2) is 0 Å². The van der Waals surface area contributed by atoms with Crippen molar-refractivity contribution in [3.63, 3.8) is 0 Å². The van der Waals surface area contributed by atoms with Crippen molar-refractivity contribution in [1.82, 2.24) is 0 Å². The summed E-state index contributed by atoms with van der Waals surface area (Å²) in [6, 6.07) is 21.6. The summed E-state index contributed by atoms with van der Waals surface area (Å²) >= 11 is 0. The Morgan fingerprint density at radius 3 is 1.54 bits per heavy atom. The van der Waals surface area contributed by atoms with E-state index in [0.717, 1.165) is 0 Å². The Balaban J connectivity index is 1.93. The van der Waals surface area contributed by atoms with E-state index >= 15 is 0 Å². The van der Waals surface area contributed by atoms with E-state index in [1.807, 2.05) is 12.2 Å². The van der Waals surface area contributed by atoms with Gasteiger partial charge in [0, 0.05) is 19.4 Å². The third kappa shape index (κ3) is 16.2. The lowest BCUT2D eigenvalue weighted by atomic mass is 9.97. The van der Waals surface area contributed by atoms with Crippen molar-refractivity contribution in [3.8, 4) is 0 Å². The molecule has 8 atom stereocenters. The van der Waals surface area contributed by atoms with Crippen molar-refractivity contribution < 1.29 is 32.0 Å². The fourth-order valence-corrected chi connectivity index (χ4v) is 16.5. The Morgan fingerprint density at radius 1 is 0.657 bits per heavy atom. The quantitative estimate of drug-likeness (QED) is 0.0424. The van der Waals surface area contributed by atoms with E-state index in [1.165, 1.54) is 10.4 Å². The molecule has 2 aromatic carbocycles. The first-order chi connectivity index (χ1) is 30.6. The fourth-order valence-electron chi connectivity index (χ4n) is 7.91. The van der Waals surface area contributed by atoms with E-state index in [4.69, 9.17) is 27.2 Å². The summed E-state index contributed by atoms with van der Waals surface area (Å²) in [7, 11) is -9.44. The summed E-state index contributed by atoms with van der Waals surface area (Å²) in [5.74, 6) is -0.0994. The molecule has 1 saturated heterocycles. The second-order valence-corrected chi connectivity index (χ2v) is 43.8. The number of carbonyl (C=O) groups excluding carboxylic acids is 1. The van der Waals surface area contributed by atoms with Gasteiger partial charge in [0.15, 0.2) is 25.0 Å². The zero-order valence-electron chi connectivity index (χ0n) is 46.0. The average Bonchev–Trinajstić information content (AvgIpc) is 3.96. The number of esters is 1. The number of benzene rings is 2. The number of allylic oxidation sites excluding steroid dienone is 1. The van der Waals surface area contributed by atoms with Crippen LogP contribution in [0.25, 0.3) is 0 Å². The molecule has 0 bridgehead atoms. The van der Waals surface area contributed by atoms with Crippen LogP contribution in [0.3, 0.4) is 0 Å². The van der Waals surface area contributed by atoms with Crippen molar-refractivity contribution in [2.75, 3.05) is 6.61 Å². The highest BCUT2D eigenvalue weighted by molar-refractivity contribution is 6.99. The number of hydrogen-bond acceptors (Lipinski definition) is 7. The molecule has 1 aliphatic rings. The highest BCUT2D eigenvalue weighted by Gasteiger charge is 2.51. The summed E-state index contributed by atoms with van der Waals surface area (Å²) in [4.78, 5) is 14.2. The maximum absolute atomic E-state index is 14.2. The van der Waals surface area contributed by atoms with E-state index in [9.17, 15) is 4.79 Å². The van der Waals surface area contributed by atoms with Crippen LogP contribution >= 0.6 is 0 Å². The normalized spacial score (nSPS) is 19.6. The summed E-state index contributed by atoms with van der Waals surface area (Å²) in [6.07, 6.45) is 8.70. The van der Waals surface area contributed by atoms with Crippen molar-refractivity contribution in [2.45, 2.75) is 219 Å². The Labute approximate surface area is 414 Å². The molecule has 2 aromatic rings. The van der Waals surface area contributed by atoms with Crippen LogP contribution in [0.4, 0.5) is 0 Å². The minimum Gasteiger partial charge on any atom is -0.460 e. The van der Waals surface area contributed by atoms with Gasteiger partial charge < -0.3 is 27.2 Å². The minimum atomic E-state index is -2.78. The number of hydrogen-bond donors (Lipinski definition) is 0. The summed E-state index contributed by atoms with van der Waals surface area (Å²) in [5.41, 5.74) is 0. The molecular formula is C56H96O7Si4. The summed E-state index contributed by atoms with van der Waals surface area (Å²) in [6.45, 7) is 54.1. The van der Waals surface area contributed by atoms with Crippen LogP contribution in [0.5, 0.6) is 0 Å². The molecular weight excluding hydrogens is 897 g/mol. The van der Waals surface area contributed by atoms with Crippen LogP contribution in [0, 0.1) is 11.8 Å². The largest absolute Gasteiger partial charge is 0.460 e. The maximum Gasteiger partial charge on any atom is 0.306 e. The Kier molecular flexibility index (Phi) is 20.6. The highest BCUT2D eigenvalue weighted by Crippen LogP contribution is 2.43. The molecule has 0 aliphatic carbocycles. The van der Waals surface area contributed by atoms with Gasteiger partial charge >= 0.3 is 5.97 Å². The third-order valence-electron chi connectivity index (χ3n) is 15.3. The Morgan fingerprint density at radius 2 is 1.12 bits per heavy atom.